The van der Waals surface area contributed by atoms with Crippen LogP contribution in [0.15, 0.2) is 18.2 Å². The molecule has 1 amide bonds. The Bertz CT molecular complexity index is 395. The topological polar surface area (TPSA) is 107 Å². The van der Waals surface area contributed by atoms with E-state index in [1.807, 2.05) is 0 Å². The smallest absolute Gasteiger partial charge is 0.305 e. The van der Waals surface area contributed by atoms with Crippen LogP contribution in [0.5, 0.6) is 11.5 Å². The maximum Gasteiger partial charge on any atom is 0.305 e. The molecule has 0 radical (unpaired) electrons. The number of benzene rings is 1. The molecule has 86 valence electrons. The predicted octanol–water partition coefficient (Wildman–Crippen LogP) is 0.302. The molecular weight excluding hydrogens is 214 g/mol. The number of carboxylic acids is 1. The van der Waals surface area contributed by atoms with Crippen molar-refractivity contribution in [1.82, 2.24) is 5.32 Å². The number of carboxylic acid groups (broad SMARTS) is 1. The summed E-state index contributed by atoms with van der Waals surface area (Å²) >= 11 is 0. The SMILES string of the molecule is O=C(O)CCNC(=O)c1c(O)cccc1O. The van der Waals surface area contributed by atoms with Gasteiger partial charge >= 0.3 is 5.97 Å². The van der Waals surface area contributed by atoms with Gasteiger partial charge in [0.2, 0.25) is 0 Å². The molecule has 0 unspecified atom stereocenters. The second-order valence-corrected chi connectivity index (χ2v) is 3.07. The van der Waals surface area contributed by atoms with E-state index in [1.165, 1.54) is 18.2 Å². The fourth-order valence-corrected chi connectivity index (χ4v) is 1.13. The summed E-state index contributed by atoms with van der Waals surface area (Å²) in [4.78, 5) is 21.6. The number of nitrogens with one attached hydrogen (secondary N) is 1. The van der Waals surface area contributed by atoms with Crippen LogP contribution in [0.1, 0.15) is 16.8 Å². The standard InChI is InChI=1S/C10H11NO5/c12-6-2-1-3-7(13)9(6)10(16)11-5-4-8(14)15/h1-3,12-13H,4-5H2,(H,11,16)(H,14,15). The molecule has 0 saturated carbocycles. The van der Waals surface area contributed by atoms with Crippen molar-refractivity contribution in [3.63, 3.8) is 0 Å². The Labute approximate surface area is 91.1 Å². The molecule has 0 saturated heterocycles. The van der Waals surface area contributed by atoms with Crippen molar-refractivity contribution in [2.75, 3.05) is 6.54 Å². The minimum atomic E-state index is -1.04. The third kappa shape index (κ3) is 2.88. The molecule has 0 aliphatic carbocycles. The zero-order valence-electron chi connectivity index (χ0n) is 8.30. The van der Waals surface area contributed by atoms with E-state index in [2.05, 4.69) is 5.32 Å². The Balaban J connectivity index is 2.70. The molecule has 6 heteroatoms. The third-order valence-corrected chi connectivity index (χ3v) is 1.87. The number of phenols is 2. The highest BCUT2D eigenvalue weighted by Gasteiger charge is 2.15. The van der Waals surface area contributed by atoms with Gasteiger partial charge < -0.3 is 20.6 Å². The quantitative estimate of drug-likeness (QED) is 0.589. The second-order valence-electron chi connectivity index (χ2n) is 3.07. The molecular formula is C10H11NO5. The van der Waals surface area contributed by atoms with Crippen LogP contribution in [-0.4, -0.2) is 33.7 Å². The Morgan fingerprint density at radius 2 is 1.75 bits per heavy atom. The predicted molar refractivity (Wildman–Crippen MR) is 54.4 cm³/mol. The van der Waals surface area contributed by atoms with Crippen molar-refractivity contribution in [2.45, 2.75) is 6.42 Å². The lowest BCUT2D eigenvalue weighted by Gasteiger charge is -2.07. The van der Waals surface area contributed by atoms with E-state index >= 15 is 0 Å². The van der Waals surface area contributed by atoms with Crippen molar-refractivity contribution in [1.29, 1.82) is 0 Å². The minimum absolute atomic E-state index is 0.0675. The number of aromatic hydroxyl groups is 2. The Morgan fingerprint density at radius 3 is 2.25 bits per heavy atom. The molecule has 0 fully saturated rings. The highest BCUT2D eigenvalue weighted by Crippen LogP contribution is 2.25. The molecule has 1 aromatic carbocycles. The van der Waals surface area contributed by atoms with Crippen LogP contribution >= 0.6 is 0 Å². The molecule has 0 spiro atoms. The van der Waals surface area contributed by atoms with Gasteiger partial charge in [-0.05, 0) is 12.1 Å². The first-order chi connectivity index (χ1) is 7.52. The first kappa shape index (κ1) is 11.8. The summed E-state index contributed by atoms with van der Waals surface area (Å²) in [7, 11) is 0. The lowest BCUT2D eigenvalue weighted by atomic mass is 10.1. The van der Waals surface area contributed by atoms with Gasteiger partial charge in [-0.3, -0.25) is 9.59 Å². The van der Waals surface area contributed by atoms with Crippen LogP contribution in [0.25, 0.3) is 0 Å². The van der Waals surface area contributed by atoms with Gasteiger partial charge in [-0.2, -0.15) is 0 Å². The van der Waals surface area contributed by atoms with Crippen LogP contribution in [0.2, 0.25) is 0 Å². The van der Waals surface area contributed by atoms with Crippen molar-refractivity contribution >= 4 is 11.9 Å². The Hall–Kier alpha value is -2.24. The van der Waals surface area contributed by atoms with Gasteiger partial charge in [0.1, 0.15) is 17.1 Å². The zero-order chi connectivity index (χ0) is 12.1. The zero-order valence-corrected chi connectivity index (χ0v) is 8.30. The lowest BCUT2D eigenvalue weighted by Crippen LogP contribution is -2.26. The van der Waals surface area contributed by atoms with Crippen molar-refractivity contribution in [3.05, 3.63) is 23.8 Å². The fourth-order valence-electron chi connectivity index (χ4n) is 1.13. The lowest BCUT2D eigenvalue weighted by molar-refractivity contribution is -0.136. The summed E-state index contributed by atoms with van der Waals surface area (Å²) in [6.07, 6.45) is -0.222. The molecule has 0 bridgehead atoms. The van der Waals surface area contributed by atoms with Gasteiger partial charge in [0, 0.05) is 6.54 Å². The molecule has 0 heterocycles. The van der Waals surface area contributed by atoms with E-state index in [1.54, 1.807) is 0 Å². The van der Waals surface area contributed by atoms with Gasteiger partial charge in [-0.25, -0.2) is 0 Å². The average molecular weight is 225 g/mol. The van der Waals surface area contributed by atoms with E-state index < -0.39 is 11.9 Å². The third-order valence-electron chi connectivity index (χ3n) is 1.87. The Kier molecular flexibility index (Phi) is 3.71. The molecule has 0 aliphatic heterocycles. The molecule has 16 heavy (non-hydrogen) atoms. The van der Waals surface area contributed by atoms with Crippen LogP contribution in [-0.2, 0) is 4.79 Å². The number of phenolic OH excluding ortho intramolecular Hbond substituents is 2. The summed E-state index contributed by atoms with van der Waals surface area (Å²) in [5.74, 6) is -2.46. The van der Waals surface area contributed by atoms with Crippen molar-refractivity contribution in [2.24, 2.45) is 0 Å². The van der Waals surface area contributed by atoms with Gasteiger partial charge in [0.15, 0.2) is 0 Å². The molecule has 6 nitrogen and oxygen atoms in total. The van der Waals surface area contributed by atoms with Crippen LogP contribution < -0.4 is 5.32 Å². The fraction of sp³-hybridized carbons (Fsp3) is 0.200. The van der Waals surface area contributed by atoms with Crippen LogP contribution in [0.4, 0.5) is 0 Å². The van der Waals surface area contributed by atoms with Gasteiger partial charge in [-0.15, -0.1) is 0 Å². The van der Waals surface area contributed by atoms with E-state index in [0.29, 0.717) is 0 Å². The maximum atomic E-state index is 11.4. The van der Waals surface area contributed by atoms with Gasteiger partial charge in [0.05, 0.1) is 6.42 Å². The number of amides is 1. The number of hydrogen-bond donors (Lipinski definition) is 4. The molecule has 0 atom stereocenters. The van der Waals surface area contributed by atoms with E-state index in [4.69, 9.17) is 5.11 Å². The van der Waals surface area contributed by atoms with E-state index in [9.17, 15) is 19.8 Å². The van der Waals surface area contributed by atoms with E-state index in [0.717, 1.165) is 0 Å². The Morgan fingerprint density at radius 1 is 1.19 bits per heavy atom. The molecule has 1 rings (SSSR count). The summed E-state index contributed by atoms with van der Waals surface area (Å²) in [5, 5.41) is 29.3. The number of rotatable bonds is 4. The summed E-state index contributed by atoms with van der Waals surface area (Å²) in [5.41, 5.74) is -0.257. The number of aliphatic carboxylic acids is 1. The van der Waals surface area contributed by atoms with Crippen molar-refractivity contribution in [3.8, 4) is 11.5 Å². The number of carbonyl (C=O) groups excluding carboxylic acids is 1. The number of hydrogen-bond acceptors (Lipinski definition) is 4. The van der Waals surface area contributed by atoms with E-state index in [-0.39, 0.29) is 30.0 Å². The molecule has 0 aromatic heterocycles. The minimum Gasteiger partial charge on any atom is -0.507 e. The summed E-state index contributed by atoms with van der Waals surface area (Å²) in [6.45, 7) is -0.0675. The molecule has 1 aromatic rings. The maximum absolute atomic E-state index is 11.4. The van der Waals surface area contributed by atoms with Gasteiger partial charge in [-0.1, -0.05) is 6.07 Å². The normalized spacial score (nSPS) is 9.75. The number of carbonyl (C=O) groups is 2. The van der Waals surface area contributed by atoms with Gasteiger partial charge in [0.25, 0.3) is 5.91 Å². The monoisotopic (exact) mass is 225 g/mol. The average Bonchev–Trinajstić information content (AvgIpc) is 2.16. The first-order valence-corrected chi connectivity index (χ1v) is 4.53. The first-order valence-electron chi connectivity index (χ1n) is 4.53. The van der Waals surface area contributed by atoms with Crippen molar-refractivity contribution < 1.29 is 24.9 Å². The van der Waals surface area contributed by atoms with Crippen LogP contribution in [0, 0.1) is 0 Å². The largest absolute Gasteiger partial charge is 0.507 e. The highest BCUT2D eigenvalue weighted by molar-refractivity contribution is 5.99. The van der Waals surface area contributed by atoms with Crippen LogP contribution in [0.3, 0.4) is 0 Å². The highest BCUT2D eigenvalue weighted by atomic mass is 16.4. The summed E-state index contributed by atoms with van der Waals surface area (Å²) in [6, 6.07) is 3.90. The second kappa shape index (κ2) is 5.01. The summed E-state index contributed by atoms with van der Waals surface area (Å²) < 4.78 is 0. The molecule has 0 aliphatic rings. The molecule has 4 N–H and O–H groups in total.